The van der Waals surface area contributed by atoms with E-state index in [1.807, 2.05) is 26.0 Å². The molecule has 2 aromatic carbocycles. The van der Waals surface area contributed by atoms with Crippen molar-refractivity contribution in [2.24, 2.45) is 17.8 Å². The first-order valence-corrected chi connectivity index (χ1v) is 14.2. The molecule has 7 heteroatoms. The molecule has 0 saturated heterocycles. The van der Waals surface area contributed by atoms with Crippen LogP contribution in [0.5, 0.6) is 5.75 Å². The summed E-state index contributed by atoms with van der Waals surface area (Å²) in [5, 5.41) is 9.28. The first-order chi connectivity index (χ1) is 15.0. The van der Waals surface area contributed by atoms with E-state index in [9.17, 15) is 18.1 Å². The molecule has 4 atom stereocenters. The molecule has 0 spiro atoms. The molecule has 0 amide bonds. The summed E-state index contributed by atoms with van der Waals surface area (Å²) in [4.78, 5) is 1.30. The fourth-order valence-corrected chi connectivity index (χ4v) is 6.23. The van der Waals surface area contributed by atoms with E-state index in [0.29, 0.717) is 24.0 Å². The van der Waals surface area contributed by atoms with Gasteiger partial charge in [0.05, 0.1) is 6.10 Å². The lowest BCUT2D eigenvalue weighted by Gasteiger charge is -2.37. The molecular weight excluding hydrogens is 444 g/mol. The minimum absolute atomic E-state index is 0.185. The van der Waals surface area contributed by atoms with Crippen molar-refractivity contribution >= 4 is 21.3 Å². The number of rotatable bonds is 6. The number of phenolic OH excluding ortho intramolecular Hbond substituents is 1. The van der Waals surface area contributed by atoms with Crippen molar-refractivity contribution < 1.29 is 22.3 Å². The lowest BCUT2D eigenvalue weighted by atomic mass is 9.75. The Labute approximate surface area is 196 Å². The van der Waals surface area contributed by atoms with Crippen LogP contribution in [0.2, 0.25) is 0 Å². The van der Waals surface area contributed by atoms with Gasteiger partial charge in [-0.3, -0.25) is 4.18 Å². The molecule has 32 heavy (non-hydrogen) atoms. The number of hydrogen-bond acceptors (Lipinski definition) is 5. The van der Waals surface area contributed by atoms with Crippen molar-refractivity contribution in [2.75, 3.05) is 6.26 Å². The van der Waals surface area contributed by atoms with Crippen molar-refractivity contribution in [3.63, 3.8) is 0 Å². The molecule has 0 bridgehead atoms. The van der Waals surface area contributed by atoms with Gasteiger partial charge in [-0.25, -0.2) is 8.42 Å². The zero-order chi connectivity index (χ0) is 23.9. The van der Waals surface area contributed by atoms with Gasteiger partial charge in [-0.05, 0) is 67.3 Å². The van der Waals surface area contributed by atoms with Gasteiger partial charge in [-0.2, -0.15) is 0 Å². The summed E-state index contributed by atoms with van der Waals surface area (Å²) in [6.45, 7) is 8.29. The first-order valence-electron chi connectivity index (χ1n) is 11.1. The molecule has 4 unspecified atom stereocenters. The highest BCUT2D eigenvalue weighted by molar-refractivity contribution is 7.95. The Balaban J connectivity index is 0.000000229. The molecule has 1 N–H and O–H groups in total. The summed E-state index contributed by atoms with van der Waals surface area (Å²) in [7, 11) is -4.38. The molecule has 2 aromatic rings. The fourth-order valence-electron chi connectivity index (χ4n) is 4.14. The fraction of sp³-hybridized carbons (Fsp3) is 0.520. The number of phenols is 1. The van der Waals surface area contributed by atoms with Crippen molar-refractivity contribution in [3.8, 4) is 5.75 Å². The van der Waals surface area contributed by atoms with Crippen LogP contribution >= 0.6 is 0 Å². The van der Waals surface area contributed by atoms with Crippen LogP contribution in [0.3, 0.4) is 0 Å². The van der Waals surface area contributed by atoms with Gasteiger partial charge < -0.3 is 9.66 Å². The van der Waals surface area contributed by atoms with Crippen LogP contribution in [0, 0.1) is 24.7 Å². The molecule has 178 valence electrons. The Morgan fingerprint density at radius 3 is 2.31 bits per heavy atom. The lowest BCUT2D eigenvalue weighted by molar-refractivity contribution is 0.0411. The van der Waals surface area contributed by atoms with Crippen LogP contribution in [-0.2, 0) is 31.2 Å². The molecule has 1 saturated carbocycles. The van der Waals surface area contributed by atoms with Gasteiger partial charge >= 0.3 is 0 Å². The highest BCUT2D eigenvalue weighted by Crippen LogP contribution is 2.35. The summed E-state index contributed by atoms with van der Waals surface area (Å²) in [6.07, 6.45) is 4.53. The van der Waals surface area contributed by atoms with Crippen molar-refractivity contribution in [1.29, 1.82) is 0 Å². The summed E-state index contributed by atoms with van der Waals surface area (Å²) in [6, 6.07) is 16.1. The maximum absolute atomic E-state index is 10.6. The summed E-state index contributed by atoms with van der Waals surface area (Å²) in [5.41, 5.74) is 2.76. The minimum atomic E-state index is -4.56. The second-order valence-electron chi connectivity index (χ2n) is 9.07. The van der Waals surface area contributed by atoms with E-state index in [2.05, 4.69) is 48.6 Å². The van der Waals surface area contributed by atoms with Crippen LogP contribution in [0.1, 0.15) is 51.2 Å². The number of hydrogen-bond donors (Lipinski definition) is 1. The predicted molar refractivity (Wildman–Crippen MR) is 130 cm³/mol. The molecule has 1 aliphatic rings. The third-order valence-corrected chi connectivity index (χ3v) is 8.38. The van der Waals surface area contributed by atoms with E-state index in [1.54, 1.807) is 12.1 Å². The monoisotopic (exact) mass is 480 g/mol. The van der Waals surface area contributed by atoms with E-state index >= 15 is 0 Å². The Hall–Kier alpha value is -1.54. The van der Waals surface area contributed by atoms with Gasteiger partial charge in [0.25, 0.3) is 0 Å². The third-order valence-electron chi connectivity index (χ3n) is 6.08. The van der Waals surface area contributed by atoms with Crippen LogP contribution < -0.4 is 0 Å². The molecule has 1 aliphatic carbocycles. The first kappa shape index (κ1) is 26.7. The predicted octanol–water partition coefficient (Wildman–Crippen LogP) is 5.43. The standard InChI is InChI=1S/C15H16OS.C10H20O4S/c1-12-5-3-4-6-13(12)11-17(2)15-9-7-14(16)8-10-15;1-7(2)9-5-4-8(3)6-10(9)14-15(11,12)13/h3-10H,11H2,1-2H3;7-10H,4-6H2,1-3H3,(H,11,12,13). The molecule has 0 aliphatic heterocycles. The number of benzene rings is 2. The van der Waals surface area contributed by atoms with E-state index in [4.69, 9.17) is 0 Å². The Kier molecular flexibility index (Phi) is 10.1. The molecule has 3 rings (SSSR count). The largest absolute Gasteiger partial charge is 0.726 e. The van der Waals surface area contributed by atoms with Gasteiger partial charge in [0.15, 0.2) is 4.90 Å². The second-order valence-corrected chi connectivity index (χ2v) is 12.1. The normalized spacial score (nSPS) is 22.2. The van der Waals surface area contributed by atoms with E-state index in [1.165, 1.54) is 16.0 Å². The van der Waals surface area contributed by atoms with Crippen LogP contribution in [0.4, 0.5) is 0 Å². The number of aromatic hydroxyl groups is 1. The van der Waals surface area contributed by atoms with Crippen molar-refractivity contribution in [1.82, 2.24) is 0 Å². The highest BCUT2D eigenvalue weighted by Gasteiger charge is 2.32. The molecule has 0 radical (unpaired) electrons. The molecule has 0 heterocycles. The average Bonchev–Trinajstić information content (AvgIpc) is 2.69. The van der Waals surface area contributed by atoms with Gasteiger partial charge in [0, 0.05) is 16.5 Å². The summed E-state index contributed by atoms with van der Waals surface area (Å²) >= 11 is 0. The van der Waals surface area contributed by atoms with E-state index in [-0.39, 0.29) is 16.8 Å². The second kappa shape index (κ2) is 12.1. The maximum Gasteiger partial charge on any atom is 0.217 e. The molecule has 1 fully saturated rings. The van der Waals surface area contributed by atoms with Gasteiger partial charge in [-0.1, -0.05) is 51.5 Å². The third kappa shape index (κ3) is 8.77. The Bertz CT molecular complexity index is 941. The zero-order valence-corrected chi connectivity index (χ0v) is 21.3. The Morgan fingerprint density at radius 2 is 1.75 bits per heavy atom. The molecule has 0 aromatic heterocycles. The quantitative estimate of drug-likeness (QED) is 0.338. The van der Waals surface area contributed by atoms with E-state index < -0.39 is 16.5 Å². The molecule has 5 nitrogen and oxygen atoms in total. The zero-order valence-electron chi connectivity index (χ0n) is 19.7. The van der Waals surface area contributed by atoms with Gasteiger partial charge in [-0.15, -0.1) is 0 Å². The van der Waals surface area contributed by atoms with Crippen LogP contribution in [0.15, 0.2) is 53.4 Å². The minimum Gasteiger partial charge on any atom is -0.726 e. The topological polar surface area (TPSA) is 86.7 Å². The highest BCUT2D eigenvalue weighted by atomic mass is 32.3. The Morgan fingerprint density at radius 1 is 1.12 bits per heavy atom. The van der Waals surface area contributed by atoms with Crippen molar-refractivity contribution in [3.05, 3.63) is 59.7 Å². The van der Waals surface area contributed by atoms with Crippen LogP contribution in [-0.4, -0.2) is 30.4 Å². The number of aryl methyl sites for hydroxylation is 1. The summed E-state index contributed by atoms with van der Waals surface area (Å²) in [5.74, 6) is 2.37. The molecular formula is C25H36O5S2. The maximum atomic E-state index is 10.6. The summed E-state index contributed by atoms with van der Waals surface area (Å²) < 4.78 is 36.4. The van der Waals surface area contributed by atoms with Crippen molar-refractivity contribution in [2.45, 2.75) is 63.7 Å². The van der Waals surface area contributed by atoms with Gasteiger partial charge in [0.1, 0.15) is 17.8 Å². The van der Waals surface area contributed by atoms with Crippen LogP contribution in [0.25, 0.3) is 0 Å². The SMILES string of the molecule is CC1CCC(C(C)C)C(OS(=O)(=O)[O-])C1.Cc1ccccc1C[S+](C)c1ccc(O)cc1. The van der Waals surface area contributed by atoms with Gasteiger partial charge in [0.2, 0.25) is 10.4 Å². The smallest absolute Gasteiger partial charge is 0.217 e. The average molecular weight is 481 g/mol. The lowest BCUT2D eigenvalue weighted by Crippen LogP contribution is -2.35. The van der Waals surface area contributed by atoms with E-state index in [0.717, 1.165) is 18.6 Å².